The quantitative estimate of drug-likeness (QED) is 0.567. The zero-order valence-corrected chi connectivity index (χ0v) is 16.4. The van der Waals surface area contributed by atoms with E-state index in [0.29, 0.717) is 29.1 Å². The summed E-state index contributed by atoms with van der Waals surface area (Å²) in [6, 6.07) is 13.9. The lowest BCUT2D eigenvalue weighted by Gasteiger charge is -2.12. The number of rotatable bonds is 9. The normalized spacial score (nSPS) is 12.7. The molecule has 0 aromatic heterocycles. The molecule has 1 saturated carbocycles. The zero-order valence-electron chi connectivity index (χ0n) is 16.4. The summed E-state index contributed by atoms with van der Waals surface area (Å²) in [7, 11) is 0. The average Bonchev–Trinajstić information content (AvgIpc) is 3.55. The molecule has 3 rings (SSSR count). The van der Waals surface area contributed by atoms with Gasteiger partial charge in [0.1, 0.15) is 0 Å². The third kappa shape index (κ3) is 6.07. The van der Waals surface area contributed by atoms with Crippen LogP contribution in [-0.2, 0) is 9.53 Å². The van der Waals surface area contributed by atoms with Crippen LogP contribution in [0.1, 0.15) is 46.9 Å². The Bertz CT molecular complexity index is 876. The number of ether oxygens (including phenoxy) is 1. The van der Waals surface area contributed by atoms with Gasteiger partial charge >= 0.3 is 5.97 Å². The summed E-state index contributed by atoms with van der Waals surface area (Å²) in [5.74, 6) is -0.817. The Labute approximate surface area is 169 Å². The molecule has 2 aromatic carbocycles. The van der Waals surface area contributed by atoms with E-state index in [2.05, 4.69) is 16.0 Å². The molecule has 152 valence electrons. The van der Waals surface area contributed by atoms with Crippen LogP contribution in [0.15, 0.2) is 48.5 Å². The molecule has 0 unspecified atom stereocenters. The highest BCUT2D eigenvalue weighted by molar-refractivity contribution is 6.04. The van der Waals surface area contributed by atoms with Crippen LogP contribution in [0, 0.1) is 0 Å². The van der Waals surface area contributed by atoms with Crippen molar-refractivity contribution in [1.29, 1.82) is 0 Å². The first-order valence-electron chi connectivity index (χ1n) is 9.77. The largest absolute Gasteiger partial charge is 0.462 e. The van der Waals surface area contributed by atoms with Crippen molar-refractivity contribution >= 4 is 29.2 Å². The lowest BCUT2D eigenvalue weighted by Crippen LogP contribution is -2.28. The fraction of sp³-hybridized carbons (Fsp3) is 0.318. The Balaban J connectivity index is 1.52. The van der Waals surface area contributed by atoms with Crippen LogP contribution >= 0.6 is 0 Å². The summed E-state index contributed by atoms with van der Waals surface area (Å²) in [6.45, 7) is 2.35. The van der Waals surface area contributed by atoms with E-state index in [1.54, 1.807) is 48.5 Å². The third-order valence-corrected chi connectivity index (χ3v) is 4.37. The monoisotopic (exact) mass is 395 g/mol. The Morgan fingerprint density at radius 3 is 2.45 bits per heavy atom. The van der Waals surface area contributed by atoms with Crippen molar-refractivity contribution in [2.75, 3.05) is 23.8 Å². The van der Waals surface area contributed by atoms with Crippen molar-refractivity contribution in [3.8, 4) is 0 Å². The molecule has 1 fully saturated rings. The molecule has 1 aliphatic rings. The number of esters is 1. The highest BCUT2D eigenvalue weighted by Crippen LogP contribution is 2.21. The Morgan fingerprint density at radius 2 is 1.76 bits per heavy atom. The smallest absolute Gasteiger partial charge is 0.338 e. The molecule has 2 amide bonds. The van der Waals surface area contributed by atoms with E-state index < -0.39 is 0 Å². The van der Waals surface area contributed by atoms with E-state index in [0.717, 1.165) is 19.3 Å². The Hall–Kier alpha value is -3.35. The first kappa shape index (κ1) is 20.4. The van der Waals surface area contributed by atoms with Gasteiger partial charge in [0, 0.05) is 11.7 Å². The summed E-state index contributed by atoms with van der Waals surface area (Å²) in [5, 5.41) is 8.70. The molecule has 0 saturated heterocycles. The fourth-order valence-corrected chi connectivity index (χ4v) is 2.66. The van der Waals surface area contributed by atoms with Gasteiger partial charge in [0.05, 0.1) is 30.0 Å². The van der Waals surface area contributed by atoms with Crippen LogP contribution in [0.3, 0.4) is 0 Å². The standard InChI is InChI=1S/C22H25N3O4/c1-2-13-29-22(28)15-7-9-16(10-8-15)23-14-20(26)25-19-6-4-3-5-18(19)21(27)24-17-11-12-17/h3-10,17,23H,2,11-14H2,1H3,(H,24,27)(H,25,26). The van der Waals surface area contributed by atoms with Gasteiger partial charge in [-0.15, -0.1) is 0 Å². The number of amides is 2. The second-order valence-corrected chi connectivity index (χ2v) is 6.91. The highest BCUT2D eigenvalue weighted by atomic mass is 16.5. The molecule has 7 heteroatoms. The third-order valence-electron chi connectivity index (χ3n) is 4.37. The molecule has 0 heterocycles. The van der Waals surface area contributed by atoms with Crippen molar-refractivity contribution in [3.63, 3.8) is 0 Å². The molecule has 3 N–H and O–H groups in total. The summed E-state index contributed by atoms with van der Waals surface area (Å²) >= 11 is 0. The molecule has 29 heavy (non-hydrogen) atoms. The molecule has 0 spiro atoms. The molecule has 0 aliphatic heterocycles. The maximum atomic E-state index is 12.3. The average molecular weight is 395 g/mol. The van der Waals surface area contributed by atoms with Crippen molar-refractivity contribution in [3.05, 3.63) is 59.7 Å². The van der Waals surface area contributed by atoms with Gasteiger partial charge in [0.25, 0.3) is 5.91 Å². The van der Waals surface area contributed by atoms with Gasteiger partial charge in [-0.05, 0) is 55.7 Å². The van der Waals surface area contributed by atoms with Crippen molar-refractivity contribution < 1.29 is 19.1 Å². The number of nitrogens with one attached hydrogen (secondary N) is 3. The predicted octanol–water partition coefficient (Wildman–Crippen LogP) is 3.20. The SMILES string of the molecule is CCCOC(=O)c1ccc(NCC(=O)Nc2ccccc2C(=O)NC2CC2)cc1. The number of anilines is 2. The van der Waals surface area contributed by atoms with E-state index >= 15 is 0 Å². The number of hydrogen-bond donors (Lipinski definition) is 3. The number of hydrogen-bond acceptors (Lipinski definition) is 5. The van der Waals surface area contributed by atoms with Gasteiger partial charge in [0.2, 0.25) is 5.91 Å². The number of carbonyl (C=O) groups excluding carboxylic acids is 3. The fourth-order valence-electron chi connectivity index (χ4n) is 2.66. The highest BCUT2D eigenvalue weighted by Gasteiger charge is 2.25. The van der Waals surface area contributed by atoms with Crippen LogP contribution in [0.2, 0.25) is 0 Å². The predicted molar refractivity (Wildman–Crippen MR) is 111 cm³/mol. The lowest BCUT2D eigenvalue weighted by molar-refractivity contribution is -0.114. The van der Waals surface area contributed by atoms with Crippen molar-refractivity contribution in [2.45, 2.75) is 32.2 Å². The second-order valence-electron chi connectivity index (χ2n) is 6.91. The number of carbonyl (C=O) groups is 3. The summed E-state index contributed by atoms with van der Waals surface area (Å²) in [4.78, 5) is 36.4. The van der Waals surface area contributed by atoms with Crippen LogP contribution in [-0.4, -0.2) is 37.0 Å². The van der Waals surface area contributed by atoms with Crippen LogP contribution < -0.4 is 16.0 Å². The summed E-state index contributed by atoms with van der Waals surface area (Å²) in [6.07, 6.45) is 2.77. The van der Waals surface area contributed by atoms with Gasteiger partial charge in [-0.25, -0.2) is 4.79 Å². The van der Waals surface area contributed by atoms with Gasteiger partial charge in [-0.2, -0.15) is 0 Å². The molecule has 0 radical (unpaired) electrons. The topological polar surface area (TPSA) is 96.5 Å². The van der Waals surface area contributed by atoms with Crippen molar-refractivity contribution in [2.24, 2.45) is 0 Å². The van der Waals surface area contributed by atoms with E-state index in [9.17, 15) is 14.4 Å². The van der Waals surface area contributed by atoms with Gasteiger partial charge in [0.15, 0.2) is 0 Å². The molecule has 1 aliphatic carbocycles. The first-order chi connectivity index (χ1) is 14.1. The van der Waals surface area contributed by atoms with E-state index in [1.165, 1.54) is 0 Å². The van der Waals surface area contributed by atoms with Gasteiger partial charge < -0.3 is 20.7 Å². The van der Waals surface area contributed by atoms with E-state index in [1.807, 2.05) is 6.92 Å². The Kier molecular flexibility index (Phi) is 6.84. The minimum atomic E-state index is -0.364. The number of para-hydroxylation sites is 1. The van der Waals surface area contributed by atoms with Crippen LogP contribution in [0.5, 0.6) is 0 Å². The molecule has 0 bridgehead atoms. The maximum Gasteiger partial charge on any atom is 0.338 e. The molecular weight excluding hydrogens is 370 g/mol. The lowest BCUT2D eigenvalue weighted by atomic mass is 10.1. The van der Waals surface area contributed by atoms with Crippen LogP contribution in [0.4, 0.5) is 11.4 Å². The second kappa shape index (κ2) is 9.73. The zero-order chi connectivity index (χ0) is 20.6. The van der Waals surface area contributed by atoms with Gasteiger partial charge in [-0.1, -0.05) is 19.1 Å². The minimum Gasteiger partial charge on any atom is -0.462 e. The molecular formula is C22H25N3O4. The van der Waals surface area contributed by atoms with Crippen LogP contribution in [0.25, 0.3) is 0 Å². The summed E-state index contributed by atoms with van der Waals surface area (Å²) < 4.78 is 5.08. The number of benzene rings is 2. The minimum absolute atomic E-state index is 0.0260. The molecule has 2 aromatic rings. The van der Waals surface area contributed by atoms with E-state index in [4.69, 9.17) is 4.74 Å². The van der Waals surface area contributed by atoms with Gasteiger partial charge in [-0.3, -0.25) is 9.59 Å². The van der Waals surface area contributed by atoms with Crippen molar-refractivity contribution in [1.82, 2.24) is 5.32 Å². The van der Waals surface area contributed by atoms with E-state index in [-0.39, 0.29) is 30.4 Å². The molecule has 7 nitrogen and oxygen atoms in total. The molecule has 0 atom stereocenters. The summed E-state index contributed by atoms with van der Waals surface area (Å²) in [5.41, 5.74) is 2.09. The maximum absolute atomic E-state index is 12.3. The Morgan fingerprint density at radius 1 is 1.03 bits per heavy atom. The first-order valence-corrected chi connectivity index (χ1v) is 9.77.